The predicted octanol–water partition coefficient (Wildman–Crippen LogP) is 1.69. The lowest BCUT2D eigenvalue weighted by molar-refractivity contribution is -0.386. The summed E-state index contributed by atoms with van der Waals surface area (Å²) in [5.41, 5.74) is -0.324. The fourth-order valence-electron chi connectivity index (χ4n) is 1.05. The molecule has 17 heavy (non-hydrogen) atoms. The molecule has 0 aliphatic rings. The van der Waals surface area contributed by atoms with Crippen molar-refractivity contribution in [2.75, 3.05) is 7.11 Å². The van der Waals surface area contributed by atoms with Crippen LogP contribution in [-0.4, -0.2) is 29.1 Å². The van der Waals surface area contributed by atoms with Crippen LogP contribution in [0.4, 0.5) is 5.69 Å². The van der Waals surface area contributed by atoms with Crippen LogP contribution in [-0.2, 0) is 9.53 Å². The second-order valence-corrected chi connectivity index (χ2v) is 3.86. The summed E-state index contributed by atoms with van der Waals surface area (Å²) >= 11 is 3.07. The van der Waals surface area contributed by atoms with Gasteiger partial charge in [-0.1, -0.05) is 0 Å². The van der Waals surface area contributed by atoms with Gasteiger partial charge in [-0.15, -0.1) is 0 Å². The Kier molecular flexibility index (Phi) is 4.38. The zero-order valence-electron chi connectivity index (χ0n) is 9.05. The van der Waals surface area contributed by atoms with E-state index in [9.17, 15) is 14.9 Å². The molecule has 7 nitrogen and oxygen atoms in total. The summed E-state index contributed by atoms with van der Waals surface area (Å²) in [5.74, 6) is -0.675. The van der Waals surface area contributed by atoms with E-state index in [2.05, 4.69) is 25.7 Å². The lowest BCUT2D eigenvalue weighted by Crippen LogP contribution is -2.25. The summed E-state index contributed by atoms with van der Waals surface area (Å²) in [5, 5.41) is 10.7. The minimum Gasteiger partial charge on any atom is -0.471 e. The van der Waals surface area contributed by atoms with Gasteiger partial charge >= 0.3 is 11.7 Å². The van der Waals surface area contributed by atoms with Crippen molar-refractivity contribution in [2.45, 2.75) is 13.0 Å². The molecule has 1 aromatic heterocycles. The van der Waals surface area contributed by atoms with Crippen LogP contribution in [0.3, 0.4) is 0 Å². The van der Waals surface area contributed by atoms with Crippen LogP contribution in [0.1, 0.15) is 6.92 Å². The van der Waals surface area contributed by atoms with Crippen LogP contribution < -0.4 is 4.74 Å². The quantitative estimate of drug-likeness (QED) is 0.477. The Hall–Kier alpha value is -1.70. The number of carbonyl (C=O) groups excluding carboxylic acids is 1. The number of pyridine rings is 1. The van der Waals surface area contributed by atoms with E-state index in [0.717, 1.165) is 6.20 Å². The molecule has 0 saturated heterocycles. The largest absolute Gasteiger partial charge is 0.471 e. The molecule has 0 N–H and O–H groups in total. The zero-order chi connectivity index (χ0) is 13.0. The van der Waals surface area contributed by atoms with Gasteiger partial charge in [-0.2, -0.15) is 0 Å². The first-order valence-corrected chi connectivity index (χ1v) is 5.29. The van der Waals surface area contributed by atoms with E-state index in [4.69, 9.17) is 4.74 Å². The number of hydrogen-bond acceptors (Lipinski definition) is 6. The minimum absolute atomic E-state index is 0.0529. The Balaban J connectivity index is 3.05. The van der Waals surface area contributed by atoms with Gasteiger partial charge < -0.3 is 9.47 Å². The smallest absolute Gasteiger partial charge is 0.346 e. The van der Waals surface area contributed by atoms with Crippen LogP contribution in [0.25, 0.3) is 0 Å². The minimum atomic E-state index is -0.947. The van der Waals surface area contributed by atoms with Crippen LogP contribution in [0.5, 0.6) is 5.75 Å². The third-order valence-electron chi connectivity index (χ3n) is 1.86. The number of rotatable bonds is 4. The van der Waals surface area contributed by atoms with Crippen molar-refractivity contribution in [3.63, 3.8) is 0 Å². The molecule has 1 heterocycles. The standard InChI is InChI=1S/C9H9BrN2O5/c1-5(9(13)16-2)17-8-6(10)3-11-4-7(8)12(14)15/h3-5H,1-2H3. The molecular formula is C9H9BrN2O5. The highest BCUT2D eigenvalue weighted by Gasteiger charge is 2.24. The third kappa shape index (κ3) is 3.13. The second kappa shape index (κ2) is 5.58. The molecule has 8 heteroatoms. The fraction of sp³-hybridized carbons (Fsp3) is 0.333. The van der Waals surface area contributed by atoms with Crippen molar-refractivity contribution in [2.24, 2.45) is 0 Å². The summed E-state index contributed by atoms with van der Waals surface area (Å²) in [6.07, 6.45) is 1.44. The molecule has 0 radical (unpaired) electrons. The van der Waals surface area contributed by atoms with E-state index in [1.165, 1.54) is 20.2 Å². The molecule has 1 aromatic rings. The summed E-state index contributed by atoms with van der Waals surface area (Å²) in [7, 11) is 1.21. The maximum Gasteiger partial charge on any atom is 0.346 e. The van der Waals surface area contributed by atoms with Crippen LogP contribution >= 0.6 is 15.9 Å². The van der Waals surface area contributed by atoms with Crippen molar-refractivity contribution >= 4 is 27.6 Å². The molecule has 0 aliphatic heterocycles. The predicted molar refractivity (Wildman–Crippen MR) is 60.7 cm³/mol. The summed E-state index contributed by atoms with van der Waals surface area (Å²) in [4.78, 5) is 24.9. The highest BCUT2D eigenvalue weighted by atomic mass is 79.9. The number of carbonyl (C=O) groups is 1. The molecule has 0 amide bonds. The Bertz CT molecular complexity index is 451. The number of ether oxygens (including phenoxy) is 2. The van der Waals surface area contributed by atoms with Gasteiger partial charge in [0.25, 0.3) is 0 Å². The highest BCUT2D eigenvalue weighted by Crippen LogP contribution is 2.34. The van der Waals surface area contributed by atoms with Gasteiger partial charge in [0, 0.05) is 6.20 Å². The normalized spacial score (nSPS) is 11.7. The van der Waals surface area contributed by atoms with Gasteiger partial charge in [0.05, 0.1) is 16.5 Å². The number of aromatic nitrogens is 1. The molecule has 1 atom stereocenters. The Morgan fingerprint density at radius 2 is 2.24 bits per heavy atom. The van der Waals surface area contributed by atoms with E-state index < -0.39 is 17.0 Å². The molecule has 0 bridgehead atoms. The Morgan fingerprint density at radius 3 is 2.76 bits per heavy atom. The van der Waals surface area contributed by atoms with Gasteiger partial charge in [-0.25, -0.2) is 4.79 Å². The molecule has 1 rings (SSSR count). The SMILES string of the molecule is COC(=O)C(C)Oc1c(Br)cncc1[N+](=O)[O-]. The summed E-state index contributed by atoms with van der Waals surface area (Å²) < 4.78 is 9.94. The Labute approximate surface area is 105 Å². The first-order chi connectivity index (χ1) is 7.97. The highest BCUT2D eigenvalue weighted by molar-refractivity contribution is 9.10. The van der Waals surface area contributed by atoms with Gasteiger partial charge in [-0.3, -0.25) is 15.1 Å². The van der Waals surface area contributed by atoms with E-state index in [1.54, 1.807) is 0 Å². The number of hydrogen-bond donors (Lipinski definition) is 0. The first kappa shape index (κ1) is 13.4. The number of nitro groups is 1. The molecular weight excluding hydrogens is 296 g/mol. The van der Waals surface area contributed by atoms with E-state index in [-0.39, 0.29) is 11.4 Å². The van der Waals surface area contributed by atoms with Crippen LogP contribution in [0.2, 0.25) is 0 Å². The van der Waals surface area contributed by atoms with Crippen molar-refractivity contribution < 1.29 is 19.2 Å². The number of nitrogens with zero attached hydrogens (tertiary/aromatic N) is 2. The first-order valence-electron chi connectivity index (χ1n) is 4.49. The van der Waals surface area contributed by atoms with Gasteiger partial charge in [0.1, 0.15) is 6.20 Å². The second-order valence-electron chi connectivity index (χ2n) is 3.01. The molecule has 1 unspecified atom stereocenters. The average molecular weight is 305 g/mol. The van der Waals surface area contributed by atoms with Gasteiger partial charge in [0.15, 0.2) is 6.10 Å². The van der Waals surface area contributed by atoms with Crippen LogP contribution in [0, 0.1) is 10.1 Å². The summed E-state index contributed by atoms with van der Waals surface area (Å²) in [6, 6.07) is 0. The van der Waals surface area contributed by atoms with E-state index in [1.807, 2.05) is 0 Å². The number of esters is 1. The van der Waals surface area contributed by atoms with E-state index in [0.29, 0.717) is 4.47 Å². The molecule has 0 aromatic carbocycles. The topological polar surface area (TPSA) is 91.6 Å². The van der Waals surface area contributed by atoms with E-state index >= 15 is 0 Å². The lowest BCUT2D eigenvalue weighted by atomic mass is 10.3. The number of halogens is 1. The van der Waals surface area contributed by atoms with Gasteiger partial charge in [0.2, 0.25) is 5.75 Å². The zero-order valence-corrected chi connectivity index (χ0v) is 10.6. The molecule has 0 fully saturated rings. The monoisotopic (exact) mass is 304 g/mol. The van der Waals surface area contributed by atoms with Crippen molar-refractivity contribution in [3.8, 4) is 5.75 Å². The van der Waals surface area contributed by atoms with Crippen molar-refractivity contribution in [1.29, 1.82) is 0 Å². The maximum absolute atomic E-state index is 11.2. The maximum atomic E-state index is 11.2. The third-order valence-corrected chi connectivity index (χ3v) is 2.42. The molecule has 0 saturated carbocycles. The molecule has 92 valence electrons. The molecule has 0 spiro atoms. The average Bonchev–Trinajstić information content (AvgIpc) is 2.30. The number of methoxy groups -OCH3 is 1. The molecule has 0 aliphatic carbocycles. The fourth-order valence-corrected chi connectivity index (χ4v) is 1.47. The van der Waals surface area contributed by atoms with Crippen molar-refractivity contribution in [3.05, 3.63) is 27.0 Å². The lowest BCUT2D eigenvalue weighted by Gasteiger charge is -2.13. The van der Waals surface area contributed by atoms with Crippen molar-refractivity contribution in [1.82, 2.24) is 4.98 Å². The van der Waals surface area contributed by atoms with Gasteiger partial charge in [-0.05, 0) is 22.9 Å². The Morgan fingerprint density at radius 1 is 1.59 bits per heavy atom. The summed E-state index contributed by atoms with van der Waals surface area (Å²) in [6.45, 7) is 1.43. The van der Waals surface area contributed by atoms with Crippen LogP contribution in [0.15, 0.2) is 16.9 Å².